The number of aliphatic carboxylic acids is 1. The number of carboxylic acid groups (broad SMARTS) is 1. The Morgan fingerprint density at radius 1 is 1.53 bits per heavy atom. The van der Waals surface area contributed by atoms with E-state index in [0.29, 0.717) is 5.69 Å². The summed E-state index contributed by atoms with van der Waals surface area (Å²) in [5.74, 6) is -1.60. The number of aliphatic hydroxyl groups is 1. The highest BCUT2D eigenvalue weighted by atomic mass is 32.1. The zero-order chi connectivity index (χ0) is 11.3. The molecule has 0 aliphatic rings. The molecule has 0 saturated carbocycles. The van der Waals surface area contributed by atoms with Crippen LogP contribution in [-0.4, -0.2) is 28.2 Å². The van der Waals surface area contributed by atoms with Gasteiger partial charge in [0.1, 0.15) is 6.10 Å². The molecule has 82 valence electrons. The number of carbonyl (C=O) groups is 2. The Morgan fingerprint density at radius 3 is 2.80 bits per heavy atom. The molecule has 0 aliphatic heterocycles. The van der Waals surface area contributed by atoms with Crippen molar-refractivity contribution in [2.24, 2.45) is 0 Å². The Bertz CT molecular complexity index is 336. The lowest BCUT2D eigenvalue weighted by Gasteiger charge is -2.08. The molecule has 0 unspecified atom stereocenters. The topological polar surface area (TPSA) is 86.6 Å². The van der Waals surface area contributed by atoms with E-state index in [2.05, 4.69) is 5.32 Å². The van der Waals surface area contributed by atoms with Crippen molar-refractivity contribution in [3.05, 3.63) is 16.8 Å². The molecule has 1 heterocycles. The number of thiophene rings is 1. The van der Waals surface area contributed by atoms with E-state index in [-0.39, 0.29) is 12.8 Å². The first-order valence-corrected chi connectivity index (χ1v) is 5.27. The average Bonchev–Trinajstić information content (AvgIpc) is 2.66. The molecular weight excluding hydrogens is 218 g/mol. The Balaban J connectivity index is 2.36. The monoisotopic (exact) mass is 229 g/mol. The number of anilines is 1. The number of carbonyl (C=O) groups excluding carboxylic acids is 1. The van der Waals surface area contributed by atoms with Crippen molar-refractivity contribution in [1.82, 2.24) is 0 Å². The van der Waals surface area contributed by atoms with E-state index in [1.165, 1.54) is 11.3 Å². The summed E-state index contributed by atoms with van der Waals surface area (Å²) < 4.78 is 0. The molecule has 0 spiro atoms. The average molecular weight is 229 g/mol. The molecule has 1 atom stereocenters. The summed E-state index contributed by atoms with van der Waals surface area (Å²) in [4.78, 5) is 21.5. The second-order valence-electron chi connectivity index (χ2n) is 2.95. The van der Waals surface area contributed by atoms with Gasteiger partial charge in [-0.1, -0.05) is 0 Å². The fourth-order valence-corrected chi connectivity index (χ4v) is 1.54. The quantitative estimate of drug-likeness (QED) is 0.700. The summed E-state index contributed by atoms with van der Waals surface area (Å²) in [5, 5.41) is 23.6. The van der Waals surface area contributed by atoms with Gasteiger partial charge in [0.2, 0.25) is 0 Å². The van der Waals surface area contributed by atoms with E-state index < -0.39 is 18.0 Å². The molecule has 0 aliphatic carbocycles. The molecule has 6 heteroatoms. The Morgan fingerprint density at radius 2 is 2.27 bits per heavy atom. The largest absolute Gasteiger partial charge is 0.481 e. The summed E-state index contributed by atoms with van der Waals surface area (Å²) in [6.45, 7) is 0. The maximum Gasteiger partial charge on any atom is 0.303 e. The summed E-state index contributed by atoms with van der Waals surface area (Å²) in [6, 6.07) is 1.70. The van der Waals surface area contributed by atoms with Crippen LogP contribution in [0.4, 0.5) is 5.69 Å². The molecule has 15 heavy (non-hydrogen) atoms. The van der Waals surface area contributed by atoms with Crippen LogP contribution in [0.3, 0.4) is 0 Å². The molecule has 3 N–H and O–H groups in total. The molecule has 0 radical (unpaired) electrons. The number of amides is 1. The standard InChI is InChI=1S/C9H11NO4S/c11-7(1-2-8(12)13)9(14)10-6-3-4-15-5-6/h3-5,7,11H,1-2H2,(H,10,14)(H,12,13)/t7-/m0/s1. The lowest BCUT2D eigenvalue weighted by Crippen LogP contribution is -2.27. The summed E-state index contributed by atoms with van der Waals surface area (Å²) in [6.07, 6.45) is -1.58. The van der Waals surface area contributed by atoms with E-state index in [1.54, 1.807) is 16.8 Å². The fraction of sp³-hybridized carbons (Fsp3) is 0.333. The Kier molecular flexibility index (Phi) is 4.26. The van der Waals surface area contributed by atoms with E-state index in [0.717, 1.165) is 0 Å². The van der Waals surface area contributed by atoms with Crippen molar-refractivity contribution in [2.75, 3.05) is 5.32 Å². The van der Waals surface area contributed by atoms with Crippen LogP contribution in [0.1, 0.15) is 12.8 Å². The van der Waals surface area contributed by atoms with Crippen molar-refractivity contribution < 1.29 is 19.8 Å². The maximum absolute atomic E-state index is 11.3. The Labute approximate surface area is 90.4 Å². The Hall–Kier alpha value is -1.40. The van der Waals surface area contributed by atoms with Crippen LogP contribution in [0.5, 0.6) is 0 Å². The predicted molar refractivity (Wildman–Crippen MR) is 55.8 cm³/mol. The lowest BCUT2D eigenvalue weighted by molar-refractivity contribution is -0.138. The third-order valence-electron chi connectivity index (χ3n) is 1.72. The van der Waals surface area contributed by atoms with Crippen LogP contribution < -0.4 is 5.32 Å². The van der Waals surface area contributed by atoms with Crippen LogP contribution >= 0.6 is 11.3 Å². The highest BCUT2D eigenvalue weighted by molar-refractivity contribution is 7.08. The first-order chi connectivity index (χ1) is 7.09. The predicted octanol–water partition coefficient (Wildman–Crippen LogP) is 0.912. The van der Waals surface area contributed by atoms with Gasteiger partial charge in [0, 0.05) is 11.8 Å². The van der Waals surface area contributed by atoms with Crippen LogP contribution in [-0.2, 0) is 9.59 Å². The van der Waals surface area contributed by atoms with Crippen molar-refractivity contribution in [3.8, 4) is 0 Å². The highest BCUT2D eigenvalue weighted by Gasteiger charge is 2.16. The minimum atomic E-state index is -1.28. The van der Waals surface area contributed by atoms with E-state index >= 15 is 0 Å². The summed E-state index contributed by atoms with van der Waals surface area (Å²) in [7, 11) is 0. The van der Waals surface area contributed by atoms with Gasteiger partial charge in [-0.3, -0.25) is 9.59 Å². The summed E-state index contributed by atoms with van der Waals surface area (Å²) >= 11 is 1.42. The van der Waals surface area contributed by atoms with Crippen molar-refractivity contribution in [1.29, 1.82) is 0 Å². The van der Waals surface area contributed by atoms with Gasteiger partial charge in [-0.05, 0) is 17.9 Å². The van der Waals surface area contributed by atoms with Crippen LogP contribution in [0, 0.1) is 0 Å². The van der Waals surface area contributed by atoms with Gasteiger partial charge in [-0.2, -0.15) is 11.3 Å². The first kappa shape index (κ1) is 11.7. The van der Waals surface area contributed by atoms with E-state index in [4.69, 9.17) is 5.11 Å². The zero-order valence-corrected chi connectivity index (χ0v) is 8.66. The third kappa shape index (κ3) is 4.09. The van der Waals surface area contributed by atoms with Gasteiger partial charge in [0.15, 0.2) is 0 Å². The van der Waals surface area contributed by atoms with Gasteiger partial charge in [0.05, 0.1) is 5.69 Å². The molecular formula is C9H11NO4S. The number of nitrogens with one attached hydrogen (secondary N) is 1. The van der Waals surface area contributed by atoms with Crippen molar-refractivity contribution >= 4 is 28.9 Å². The molecule has 5 nitrogen and oxygen atoms in total. The normalized spacial score (nSPS) is 12.1. The van der Waals surface area contributed by atoms with Crippen molar-refractivity contribution in [2.45, 2.75) is 18.9 Å². The van der Waals surface area contributed by atoms with Gasteiger partial charge in [-0.25, -0.2) is 0 Å². The van der Waals surface area contributed by atoms with E-state index in [1.807, 2.05) is 0 Å². The smallest absolute Gasteiger partial charge is 0.303 e. The highest BCUT2D eigenvalue weighted by Crippen LogP contribution is 2.12. The van der Waals surface area contributed by atoms with Crippen molar-refractivity contribution in [3.63, 3.8) is 0 Å². The third-order valence-corrected chi connectivity index (χ3v) is 2.41. The first-order valence-electron chi connectivity index (χ1n) is 4.32. The molecule has 1 aromatic heterocycles. The molecule has 0 aromatic carbocycles. The second kappa shape index (κ2) is 5.47. The summed E-state index contributed by atoms with van der Waals surface area (Å²) in [5.41, 5.74) is 0.611. The molecule has 1 aromatic rings. The minimum absolute atomic E-state index is 0.0781. The SMILES string of the molecule is O=C(O)CC[C@H](O)C(=O)Nc1ccsc1. The molecule has 0 fully saturated rings. The van der Waals surface area contributed by atoms with Crippen LogP contribution in [0.25, 0.3) is 0 Å². The second-order valence-corrected chi connectivity index (χ2v) is 3.73. The number of rotatable bonds is 5. The van der Waals surface area contributed by atoms with E-state index in [9.17, 15) is 14.7 Å². The minimum Gasteiger partial charge on any atom is -0.481 e. The molecule has 1 rings (SSSR count). The number of aliphatic hydroxyl groups excluding tert-OH is 1. The fourth-order valence-electron chi connectivity index (χ4n) is 0.952. The lowest BCUT2D eigenvalue weighted by atomic mass is 10.2. The van der Waals surface area contributed by atoms with Gasteiger partial charge in [0.25, 0.3) is 5.91 Å². The number of hydrogen-bond donors (Lipinski definition) is 3. The maximum atomic E-state index is 11.3. The zero-order valence-electron chi connectivity index (χ0n) is 7.84. The van der Waals surface area contributed by atoms with Crippen LogP contribution in [0.2, 0.25) is 0 Å². The van der Waals surface area contributed by atoms with Gasteiger partial charge < -0.3 is 15.5 Å². The van der Waals surface area contributed by atoms with Gasteiger partial charge in [-0.15, -0.1) is 0 Å². The van der Waals surface area contributed by atoms with Crippen LogP contribution in [0.15, 0.2) is 16.8 Å². The molecule has 1 amide bonds. The number of carboxylic acids is 1. The molecule has 0 saturated heterocycles. The van der Waals surface area contributed by atoms with Gasteiger partial charge >= 0.3 is 5.97 Å². The number of hydrogen-bond acceptors (Lipinski definition) is 4. The molecule has 0 bridgehead atoms.